The highest BCUT2D eigenvalue weighted by Crippen LogP contribution is 2.19. The van der Waals surface area contributed by atoms with Crippen molar-refractivity contribution in [1.82, 2.24) is 9.80 Å². The molecule has 0 saturated heterocycles. The van der Waals surface area contributed by atoms with Gasteiger partial charge in [0.25, 0.3) is 0 Å². The molecule has 1 unspecified atom stereocenters. The van der Waals surface area contributed by atoms with Crippen LogP contribution in [0.1, 0.15) is 91.4 Å². The van der Waals surface area contributed by atoms with Gasteiger partial charge in [0, 0.05) is 12.2 Å². The summed E-state index contributed by atoms with van der Waals surface area (Å²) >= 11 is 0. The topological polar surface area (TPSA) is 73.2 Å². The third-order valence-corrected chi connectivity index (χ3v) is 5.55. The van der Waals surface area contributed by atoms with E-state index < -0.39 is 0 Å². The Morgan fingerprint density at radius 3 is 2.16 bits per heavy atom. The quantitative estimate of drug-likeness (QED) is 0.216. The van der Waals surface area contributed by atoms with Crippen LogP contribution in [0.25, 0.3) is 0 Å². The molecule has 2 N–H and O–H groups in total. The number of carbonyl (C=O) groups is 1. The Morgan fingerprint density at radius 2 is 1.61 bits per heavy atom. The molecular weight excluding hydrogens is 392 g/mol. The van der Waals surface area contributed by atoms with Gasteiger partial charge in [0.15, 0.2) is 0 Å². The van der Waals surface area contributed by atoms with Crippen LogP contribution in [-0.2, 0) is 9.53 Å². The van der Waals surface area contributed by atoms with Gasteiger partial charge >= 0.3 is 5.97 Å². The molecule has 0 heterocycles. The van der Waals surface area contributed by atoms with Crippen molar-refractivity contribution >= 4 is 5.97 Å². The zero-order chi connectivity index (χ0) is 23.5. The van der Waals surface area contributed by atoms with Crippen molar-refractivity contribution in [2.75, 3.05) is 40.4 Å². The average molecular weight is 443 g/mol. The Morgan fingerprint density at radius 1 is 0.903 bits per heavy atom. The Hall–Kier alpha value is -1.11. The van der Waals surface area contributed by atoms with Crippen molar-refractivity contribution in [3.05, 3.63) is 11.8 Å². The van der Waals surface area contributed by atoms with Gasteiger partial charge in [-0.1, -0.05) is 52.5 Å². The molecule has 0 bridgehead atoms. The fraction of sp³-hybridized carbons (Fsp3) is 0.880. The van der Waals surface area contributed by atoms with Crippen molar-refractivity contribution in [1.29, 1.82) is 0 Å². The smallest absolute Gasteiger partial charge is 0.306 e. The minimum Gasteiger partial charge on any atom is -0.462 e. The second kappa shape index (κ2) is 19.6. The SMILES string of the molecule is CC/C=C(/CCC(=O)OC(CCC)CCCCCC)N(CCCN(C)C)C(CO)CO. The molecule has 0 aromatic heterocycles. The third kappa shape index (κ3) is 14.6. The minimum atomic E-state index is -0.345. The van der Waals surface area contributed by atoms with E-state index in [2.05, 4.69) is 36.6 Å². The molecule has 0 aliphatic heterocycles. The molecule has 6 nitrogen and oxygen atoms in total. The van der Waals surface area contributed by atoms with Crippen molar-refractivity contribution in [2.45, 2.75) is 104 Å². The lowest BCUT2D eigenvalue weighted by atomic mass is 10.1. The molecule has 0 amide bonds. The Labute approximate surface area is 191 Å². The molecule has 0 aromatic rings. The monoisotopic (exact) mass is 442 g/mol. The normalized spacial score (nSPS) is 13.1. The van der Waals surface area contributed by atoms with Crippen LogP contribution in [0, 0.1) is 0 Å². The van der Waals surface area contributed by atoms with Gasteiger partial charge in [-0.25, -0.2) is 0 Å². The molecule has 0 spiro atoms. The van der Waals surface area contributed by atoms with Gasteiger partial charge in [0.05, 0.1) is 25.7 Å². The van der Waals surface area contributed by atoms with E-state index in [9.17, 15) is 15.0 Å². The van der Waals surface area contributed by atoms with Crippen LogP contribution in [0.5, 0.6) is 0 Å². The second-order valence-electron chi connectivity index (χ2n) is 8.72. The van der Waals surface area contributed by atoms with Crippen molar-refractivity contribution in [3.8, 4) is 0 Å². The number of aliphatic hydroxyl groups is 2. The fourth-order valence-electron chi connectivity index (χ4n) is 3.83. The molecular formula is C25H50N2O4. The summed E-state index contributed by atoms with van der Waals surface area (Å²) in [5.74, 6) is -0.145. The highest BCUT2D eigenvalue weighted by Gasteiger charge is 2.21. The molecule has 0 aliphatic carbocycles. The van der Waals surface area contributed by atoms with Crippen molar-refractivity contribution in [2.24, 2.45) is 0 Å². The number of carbonyl (C=O) groups excluding carboxylic acids is 1. The summed E-state index contributed by atoms with van der Waals surface area (Å²) in [7, 11) is 4.07. The van der Waals surface area contributed by atoms with E-state index in [-0.39, 0.29) is 31.3 Å². The summed E-state index contributed by atoms with van der Waals surface area (Å²) in [6, 6.07) is -0.345. The lowest BCUT2D eigenvalue weighted by Gasteiger charge is -2.34. The van der Waals surface area contributed by atoms with E-state index in [1.54, 1.807) is 0 Å². The summed E-state index contributed by atoms with van der Waals surface area (Å²) in [4.78, 5) is 16.8. The number of aliphatic hydroxyl groups excluding tert-OH is 2. The molecule has 0 fully saturated rings. The molecule has 0 aliphatic rings. The molecule has 184 valence electrons. The van der Waals surface area contributed by atoms with E-state index in [4.69, 9.17) is 4.74 Å². The number of hydrogen-bond donors (Lipinski definition) is 2. The molecule has 6 heteroatoms. The Bertz CT molecular complexity index is 464. The van der Waals surface area contributed by atoms with Crippen LogP contribution in [-0.4, -0.2) is 78.5 Å². The highest BCUT2D eigenvalue weighted by atomic mass is 16.5. The van der Waals surface area contributed by atoms with Gasteiger partial charge in [-0.2, -0.15) is 0 Å². The summed E-state index contributed by atoms with van der Waals surface area (Å²) in [6.07, 6.45) is 12.4. The molecule has 1 atom stereocenters. The molecule has 0 aromatic carbocycles. The van der Waals surface area contributed by atoms with Gasteiger partial charge in [-0.15, -0.1) is 0 Å². The van der Waals surface area contributed by atoms with Gasteiger partial charge in [-0.05, 0) is 59.2 Å². The first-order valence-corrected chi connectivity index (χ1v) is 12.4. The van der Waals surface area contributed by atoms with E-state index in [0.717, 1.165) is 57.3 Å². The first-order valence-electron chi connectivity index (χ1n) is 12.4. The van der Waals surface area contributed by atoms with Crippen molar-refractivity contribution in [3.63, 3.8) is 0 Å². The van der Waals surface area contributed by atoms with Crippen LogP contribution >= 0.6 is 0 Å². The lowest BCUT2D eigenvalue weighted by Crippen LogP contribution is -2.41. The average Bonchev–Trinajstić information content (AvgIpc) is 2.74. The molecule has 0 rings (SSSR count). The van der Waals surface area contributed by atoms with Crippen LogP contribution in [0.3, 0.4) is 0 Å². The molecule has 0 saturated carbocycles. The number of allylic oxidation sites excluding steroid dienone is 2. The van der Waals surface area contributed by atoms with Crippen LogP contribution < -0.4 is 0 Å². The Balaban J connectivity index is 4.93. The van der Waals surface area contributed by atoms with Crippen molar-refractivity contribution < 1.29 is 19.7 Å². The first kappa shape index (κ1) is 29.9. The van der Waals surface area contributed by atoms with Crippen LogP contribution in [0.15, 0.2) is 11.8 Å². The number of unbranched alkanes of at least 4 members (excludes halogenated alkanes) is 3. The number of esters is 1. The summed E-state index contributed by atoms with van der Waals surface area (Å²) in [6.45, 7) is 7.84. The lowest BCUT2D eigenvalue weighted by molar-refractivity contribution is -0.149. The second-order valence-corrected chi connectivity index (χ2v) is 8.72. The van der Waals surface area contributed by atoms with E-state index >= 15 is 0 Å². The minimum absolute atomic E-state index is 0.0202. The first-order chi connectivity index (χ1) is 14.9. The van der Waals surface area contributed by atoms with E-state index in [1.165, 1.54) is 19.3 Å². The van der Waals surface area contributed by atoms with Crippen LogP contribution in [0.2, 0.25) is 0 Å². The van der Waals surface area contributed by atoms with Gasteiger partial charge < -0.3 is 24.7 Å². The summed E-state index contributed by atoms with van der Waals surface area (Å²) < 4.78 is 5.82. The zero-order valence-electron chi connectivity index (χ0n) is 20.9. The maximum absolute atomic E-state index is 12.6. The summed E-state index contributed by atoms with van der Waals surface area (Å²) in [5.41, 5.74) is 1.02. The predicted octanol–water partition coefficient (Wildman–Crippen LogP) is 4.35. The maximum Gasteiger partial charge on any atom is 0.306 e. The number of rotatable bonds is 20. The van der Waals surface area contributed by atoms with E-state index in [0.29, 0.717) is 12.8 Å². The molecule has 0 radical (unpaired) electrons. The summed E-state index contributed by atoms with van der Waals surface area (Å²) in [5, 5.41) is 19.5. The van der Waals surface area contributed by atoms with Gasteiger partial charge in [-0.3, -0.25) is 4.79 Å². The van der Waals surface area contributed by atoms with Crippen LogP contribution in [0.4, 0.5) is 0 Å². The zero-order valence-corrected chi connectivity index (χ0v) is 20.9. The molecule has 31 heavy (non-hydrogen) atoms. The van der Waals surface area contributed by atoms with E-state index in [1.807, 2.05) is 14.1 Å². The Kier molecular flexibility index (Phi) is 18.9. The number of hydrogen-bond acceptors (Lipinski definition) is 6. The predicted molar refractivity (Wildman–Crippen MR) is 129 cm³/mol. The van der Waals surface area contributed by atoms with Gasteiger partial charge in [0.1, 0.15) is 6.10 Å². The third-order valence-electron chi connectivity index (χ3n) is 5.55. The number of nitrogens with zero attached hydrogens (tertiary/aromatic N) is 2. The maximum atomic E-state index is 12.6. The largest absolute Gasteiger partial charge is 0.462 e. The number of ether oxygens (including phenoxy) is 1. The van der Waals surface area contributed by atoms with Gasteiger partial charge in [0.2, 0.25) is 0 Å². The highest BCUT2D eigenvalue weighted by molar-refractivity contribution is 5.69. The standard InChI is InChI=1S/C25H50N2O4/c1-6-9-10-11-15-24(14-8-3)31-25(30)17-16-22(13-7-2)27(23(20-28)21-29)19-12-18-26(4)5/h13,23-24,28-29H,6-12,14-21H2,1-5H3/b22-13-. The fourth-order valence-corrected chi connectivity index (χ4v) is 3.83.